The number of hydrogen-bond donors (Lipinski definition) is 1. The number of nitrogen functional groups attached to an aromatic ring is 1. The summed E-state index contributed by atoms with van der Waals surface area (Å²) in [4.78, 5) is 4.93. The zero-order valence-electron chi connectivity index (χ0n) is 16.2. The smallest absolute Gasteiger partial charge is 0.0423 e. The lowest BCUT2D eigenvalue weighted by Gasteiger charge is -2.24. The van der Waals surface area contributed by atoms with Crippen LogP contribution >= 0.6 is 0 Å². The Morgan fingerprint density at radius 3 is 2.50 bits per heavy atom. The molecule has 0 heterocycles. The van der Waals surface area contributed by atoms with Crippen LogP contribution in [0.25, 0.3) is 5.57 Å². The molecule has 0 fully saturated rings. The third-order valence-electron chi connectivity index (χ3n) is 4.90. The molecule has 0 radical (unpaired) electrons. The van der Waals surface area contributed by atoms with E-state index in [0.717, 1.165) is 25.1 Å². The molecule has 2 N–H and O–H groups in total. The molecular weight excluding hydrogens is 292 g/mol. The van der Waals surface area contributed by atoms with Gasteiger partial charge in [0.25, 0.3) is 0 Å². The maximum Gasteiger partial charge on any atom is 0.0423 e. The molecule has 132 valence electrons. The first kappa shape index (κ1) is 18.8. The van der Waals surface area contributed by atoms with Gasteiger partial charge in [-0.25, -0.2) is 0 Å². The Labute approximate surface area is 148 Å². The van der Waals surface area contributed by atoms with Gasteiger partial charge in [0.1, 0.15) is 0 Å². The monoisotopic (exact) mass is 326 g/mol. The predicted octanol–water partition coefficient (Wildman–Crippen LogP) is 6.32. The molecule has 0 aliphatic heterocycles. The SMILES string of the molecule is CCCC/N=C1\CCCC=C1c1ccc(C(C)C)c(N)c1C(C)C. The van der Waals surface area contributed by atoms with Crippen LogP contribution in [0, 0.1) is 0 Å². The van der Waals surface area contributed by atoms with Crippen LogP contribution in [0.15, 0.2) is 23.2 Å². The van der Waals surface area contributed by atoms with Gasteiger partial charge in [-0.2, -0.15) is 0 Å². The van der Waals surface area contributed by atoms with Gasteiger partial charge >= 0.3 is 0 Å². The number of nitrogens with zero attached hydrogens (tertiary/aromatic N) is 1. The minimum Gasteiger partial charge on any atom is -0.398 e. The Morgan fingerprint density at radius 1 is 1.12 bits per heavy atom. The van der Waals surface area contributed by atoms with Crippen molar-refractivity contribution in [3.8, 4) is 0 Å². The highest BCUT2D eigenvalue weighted by Crippen LogP contribution is 2.38. The van der Waals surface area contributed by atoms with E-state index >= 15 is 0 Å². The van der Waals surface area contributed by atoms with Crippen molar-refractivity contribution in [2.75, 3.05) is 12.3 Å². The van der Waals surface area contributed by atoms with Crippen molar-refractivity contribution < 1.29 is 0 Å². The summed E-state index contributed by atoms with van der Waals surface area (Å²) in [6.07, 6.45) is 8.20. The van der Waals surface area contributed by atoms with E-state index in [0.29, 0.717) is 11.8 Å². The zero-order chi connectivity index (χ0) is 17.7. The zero-order valence-corrected chi connectivity index (χ0v) is 16.2. The van der Waals surface area contributed by atoms with Crippen molar-refractivity contribution in [2.24, 2.45) is 4.99 Å². The second-order valence-corrected chi connectivity index (χ2v) is 7.53. The van der Waals surface area contributed by atoms with Gasteiger partial charge in [0.15, 0.2) is 0 Å². The summed E-state index contributed by atoms with van der Waals surface area (Å²) in [5.74, 6) is 0.869. The van der Waals surface area contributed by atoms with Gasteiger partial charge < -0.3 is 5.73 Å². The molecule has 1 aromatic carbocycles. The molecule has 1 aromatic rings. The first-order valence-corrected chi connectivity index (χ1v) is 9.63. The van der Waals surface area contributed by atoms with Crippen molar-refractivity contribution in [1.82, 2.24) is 0 Å². The number of hydrogen-bond acceptors (Lipinski definition) is 2. The molecule has 2 rings (SSSR count). The van der Waals surface area contributed by atoms with Crippen molar-refractivity contribution in [2.45, 2.75) is 78.6 Å². The molecule has 0 amide bonds. The fourth-order valence-electron chi connectivity index (χ4n) is 3.58. The maximum atomic E-state index is 6.59. The Bertz CT molecular complexity index is 621. The average molecular weight is 327 g/mol. The Hall–Kier alpha value is -1.57. The lowest BCUT2D eigenvalue weighted by atomic mass is 9.82. The van der Waals surface area contributed by atoms with Gasteiger partial charge in [0.05, 0.1) is 0 Å². The van der Waals surface area contributed by atoms with E-state index in [1.807, 2.05) is 0 Å². The molecule has 0 saturated carbocycles. The van der Waals surface area contributed by atoms with Crippen molar-refractivity contribution in [3.05, 3.63) is 34.9 Å². The summed E-state index contributed by atoms with van der Waals surface area (Å²) in [6, 6.07) is 4.51. The van der Waals surface area contributed by atoms with Gasteiger partial charge in [0.2, 0.25) is 0 Å². The lowest BCUT2D eigenvalue weighted by Crippen LogP contribution is -2.13. The van der Waals surface area contributed by atoms with Gasteiger partial charge in [-0.1, -0.05) is 59.2 Å². The van der Waals surface area contributed by atoms with Crippen LogP contribution in [-0.4, -0.2) is 12.3 Å². The van der Waals surface area contributed by atoms with E-state index in [9.17, 15) is 0 Å². The van der Waals surface area contributed by atoms with Crippen molar-refractivity contribution in [1.29, 1.82) is 0 Å². The average Bonchev–Trinajstić information content (AvgIpc) is 2.54. The molecule has 0 spiro atoms. The first-order valence-electron chi connectivity index (χ1n) is 9.63. The van der Waals surface area contributed by atoms with Crippen LogP contribution in [0.3, 0.4) is 0 Å². The molecule has 0 saturated heterocycles. The minimum absolute atomic E-state index is 0.415. The van der Waals surface area contributed by atoms with E-state index < -0.39 is 0 Å². The number of unbranched alkanes of at least 4 members (excludes halogenated alkanes) is 1. The van der Waals surface area contributed by atoms with Crippen LogP contribution in [-0.2, 0) is 0 Å². The largest absolute Gasteiger partial charge is 0.398 e. The fourth-order valence-corrected chi connectivity index (χ4v) is 3.58. The second kappa shape index (κ2) is 8.50. The number of rotatable bonds is 6. The highest BCUT2D eigenvalue weighted by Gasteiger charge is 2.21. The normalized spacial score (nSPS) is 17.0. The summed E-state index contributed by atoms with van der Waals surface area (Å²) in [5.41, 5.74) is 14.1. The minimum atomic E-state index is 0.415. The van der Waals surface area contributed by atoms with E-state index in [1.165, 1.54) is 47.2 Å². The highest BCUT2D eigenvalue weighted by atomic mass is 14.7. The third kappa shape index (κ3) is 4.09. The number of anilines is 1. The summed E-state index contributed by atoms with van der Waals surface area (Å²) in [7, 11) is 0. The number of benzene rings is 1. The van der Waals surface area contributed by atoms with Gasteiger partial charge in [-0.3, -0.25) is 4.99 Å². The molecule has 2 nitrogen and oxygen atoms in total. The summed E-state index contributed by atoms with van der Waals surface area (Å²) in [6.45, 7) is 12.1. The lowest BCUT2D eigenvalue weighted by molar-refractivity contribution is 0.798. The van der Waals surface area contributed by atoms with Crippen LogP contribution in [0.4, 0.5) is 5.69 Å². The molecular formula is C22H34N2. The maximum absolute atomic E-state index is 6.59. The number of aliphatic imine (C=N–C) groups is 1. The molecule has 0 unspecified atom stereocenters. The Kier molecular flexibility index (Phi) is 6.65. The van der Waals surface area contributed by atoms with Crippen LogP contribution in [0.5, 0.6) is 0 Å². The van der Waals surface area contributed by atoms with Gasteiger partial charge in [-0.15, -0.1) is 0 Å². The van der Waals surface area contributed by atoms with Crippen molar-refractivity contribution >= 4 is 17.0 Å². The van der Waals surface area contributed by atoms with Crippen LogP contribution < -0.4 is 5.73 Å². The van der Waals surface area contributed by atoms with Crippen LogP contribution in [0.1, 0.15) is 95.2 Å². The molecule has 1 aliphatic carbocycles. The predicted molar refractivity (Wildman–Crippen MR) is 108 cm³/mol. The standard InChI is InChI=1S/C22H34N2/c1-6-7-14-24-20-11-9-8-10-18(20)19-13-12-17(15(2)3)22(23)21(19)16(4)5/h10,12-13,15-16H,6-9,11,14,23H2,1-5H3/b24-20+. The topological polar surface area (TPSA) is 38.4 Å². The van der Waals surface area contributed by atoms with E-state index in [-0.39, 0.29) is 0 Å². The number of allylic oxidation sites excluding steroid dienone is 2. The highest BCUT2D eigenvalue weighted by molar-refractivity contribution is 6.25. The molecule has 0 bridgehead atoms. The van der Waals surface area contributed by atoms with E-state index in [2.05, 4.69) is 52.8 Å². The van der Waals surface area contributed by atoms with E-state index in [4.69, 9.17) is 10.7 Å². The second-order valence-electron chi connectivity index (χ2n) is 7.53. The molecule has 24 heavy (non-hydrogen) atoms. The molecule has 1 aliphatic rings. The Balaban J connectivity index is 2.51. The molecule has 0 atom stereocenters. The summed E-state index contributed by atoms with van der Waals surface area (Å²) in [5, 5.41) is 0. The van der Waals surface area contributed by atoms with Gasteiger partial charge in [0, 0.05) is 17.9 Å². The quantitative estimate of drug-likeness (QED) is 0.482. The Morgan fingerprint density at radius 2 is 1.88 bits per heavy atom. The summed E-state index contributed by atoms with van der Waals surface area (Å²) >= 11 is 0. The first-order chi connectivity index (χ1) is 11.5. The molecule has 0 aromatic heterocycles. The summed E-state index contributed by atoms with van der Waals surface area (Å²) < 4.78 is 0. The number of nitrogens with two attached hydrogens (primary N) is 1. The molecule has 2 heteroatoms. The van der Waals surface area contributed by atoms with Crippen LogP contribution in [0.2, 0.25) is 0 Å². The third-order valence-corrected chi connectivity index (χ3v) is 4.90. The van der Waals surface area contributed by atoms with E-state index in [1.54, 1.807) is 0 Å². The van der Waals surface area contributed by atoms with Crippen molar-refractivity contribution in [3.63, 3.8) is 0 Å². The van der Waals surface area contributed by atoms with Gasteiger partial charge in [-0.05, 0) is 59.8 Å². The fraction of sp³-hybridized carbons (Fsp3) is 0.591.